The van der Waals surface area contributed by atoms with Crippen LogP contribution in [-0.4, -0.2) is 23.6 Å². The smallest absolute Gasteiger partial charge is 0.131 e. The van der Waals surface area contributed by atoms with Gasteiger partial charge < -0.3 is 10.6 Å². The average molecular weight is 278 g/mol. The van der Waals surface area contributed by atoms with Crippen molar-refractivity contribution >= 4 is 11.6 Å². The number of anilines is 2. The highest BCUT2D eigenvalue weighted by Gasteiger charge is 1.99. The first-order valence-corrected chi connectivity index (χ1v) is 8.03. The van der Waals surface area contributed by atoms with E-state index in [1.165, 1.54) is 51.4 Å². The number of aryl methyl sites for hydroxylation is 1. The minimum atomic E-state index is 0.801. The number of nitrogens with one attached hydrogen (secondary N) is 2. The van der Waals surface area contributed by atoms with Crippen molar-refractivity contribution < 1.29 is 0 Å². The van der Waals surface area contributed by atoms with Gasteiger partial charge in [-0.05, 0) is 13.3 Å². The van der Waals surface area contributed by atoms with Gasteiger partial charge in [0.15, 0.2) is 0 Å². The summed E-state index contributed by atoms with van der Waals surface area (Å²) in [5.74, 6) is 2.59. The van der Waals surface area contributed by atoms with Crippen LogP contribution in [0.2, 0.25) is 0 Å². The van der Waals surface area contributed by atoms with Gasteiger partial charge in [0.25, 0.3) is 0 Å². The van der Waals surface area contributed by atoms with E-state index in [0.717, 1.165) is 24.0 Å². The summed E-state index contributed by atoms with van der Waals surface area (Å²) in [4.78, 5) is 8.67. The Bertz CT molecular complexity index is 365. The van der Waals surface area contributed by atoms with Crippen molar-refractivity contribution in [1.82, 2.24) is 9.97 Å². The van der Waals surface area contributed by atoms with Gasteiger partial charge in [0.1, 0.15) is 17.5 Å². The number of rotatable bonds is 11. The van der Waals surface area contributed by atoms with Crippen molar-refractivity contribution in [3.63, 3.8) is 0 Å². The van der Waals surface area contributed by atoms with Crippen LogP contribution in [0.4, 0.5) is 11.6 Å². The summed E-state index contributed by atoms with van der Waals surface area (Å²) < 4.78 is 0. The van der Waals surface area contributed by atoms with Gasteiger partial charge in [-0.1, -0.05) is 51.9 Å². The number of hydrogen-bond acceptors (Lipinski definition) is 4. The second-order valence-corrected chi connectivity index (χ2v) is 5.34. The molecule has 0 aliphatic carbocycles. The first-order chi connectivity index (χ1) is 9.76. The maximum atomic E-state index is 4.39. The van der Waals surface area contributed by atoms with Crippen molar-refractivity contribution in [3.8, 4) is 0 Å². The average Bonchev–Trinajstić information content (AvgIpc) is 2.45. The Morgan fingerprint density at radius 2 is 1.50 bits per heavy atom. The maximum absolute atomic E-state index is 4.39. The molecule has 1 heterocycles. The van der Waals surface area contributed by atoms with Gasteiger partial charge >= 0.3 is 0 Å². The highest BCUT2D eigenvalue weighted by molar-refractivity contribution is 5.46. The van der Waals surface area contributed by atoms with Gasteiger partial charge in [0.05, 0.1) is 0 Å². The van der Waals surface area contributed by atoms with E-state index < -0.39 is 0 Å². The molecule has 0 aromatic carbocycles. The van der Waals surface area contributed by atoms with E-state index in [-0.39, 0.29) is 0 Å². The number of aromatic nitrogens is 2. The van der Waals surface area contributed by atoms with E-state index in [1.54, 1.807) is 0 Å². The third-order valence-corrected chi connectivity index (χ3v) is 3.43. The Morgan fingerprint density at radius 1 is 0.900 bits per heavy atom. The molecule has 0 unspecified atom stereocenters. The molecule has 4 nitrogen and oxygen atoms in total. The summed E-state index contributed by atoms with van der Waals surface area (Å²) in [5.41, 5.74) is 0. The van der Waals surface area contributed by atoms with Crippen LogP contribution in [0, 0.1) is 6.92 Å². The lowest BCUT2D eigenvalue weighted by Gasteiger charge is -2.08. The molecule has 1 aromatic heterocycles. The summed E-state index contributed by atoms with van der Waals surface area (Å²) >= 11 is 0. The van der Waals surface area contributed by atoms with Crippen LogP contribution in [-0.2, 0) is 0 Å². The first-order valence-electron chi connectivity index (χ1n) is 8.03. The van der Waals surface area contributed by atoms with Crippen molar-refractivity contribution in [1.29, 1.82) is 0 Å². The van der Waals surface area contributed by atoms with Crippen molar-refractivity contribution in [2.24, 2.45) is 0 Å². The molecule has 0 saturated heterocycles. The summed E-state index contributed by atoms with van der Waals surface area (Å²) in [6.07, 6.45) is 10.8. The van der Waals surface area contributed by atoms with E-state index in [1.807, 2.05) is 20.0 Å². The Hall–Kier alpha value is -1.32. The second kappa shape index (κ2) is 10.5. The Kier molecular flexibility index (Phi) is 8.76. The normalized spacial score (nSPS) is 10.6. The molecule has 2 N–H and O–H groups in total. The molecule has 20 heavy (non-hydrogen) atoms. The number of hydrogen-bond donors (Lipinski definition) is 2. The highest BCUT2D eigenvalue weighted by atomic mass is 15.1. The van der Waals surface area contributed by atoms with Crippen LogP contribution in [0.25, 0.3) is 0 Å². The van der Waals surface area contributed by atoms with Crippen molar-refractivity contribution in [2.75, 3.05) is 24.2 Å². The Labute approximate surface area is 123 Å². The minimum absolute atomic E-state index is 0.801. The zero-order valence-corrected chi connectivity index (χ0v) is 13.3. The Balaban J connectivity index is 2.08. The SMILES string of the molecule is CCCCCCCCCCNc1cc(NC)nc(C)n1. The van der Waals surface area contributed by atoms with Crippen LogP contribution >= 0.6 is 0 Å². The third-order valence-electron chi connectivity index (χ3n) is 3.43. The van der Waals surface area contributed by atoms with Gasteiger partial charge in [0, 0.05) is 19.7 Å². The fourth-order valence-electron chi connectivity index (χ4n) is 2.26. The number of unbranched alkanes of at least 4 members (excludes halogenated alkanes) is 7. The summed E-state index contributed by atoms with van der Waals surface area (Å²) in [6, 6.07) is 1.96. The molecule has 0 saturated carbocycles. The monoisotopic (exact) mass is 278 g/mol. The van der Waals surface area contributed by atoms with Crippen molar-refractivity contribution in [3.05, 3.63) is 11.9 Å². The molecule has 0 fully saturated rings. The zero-order valence-electron chi connectivity index (χ0n) is 13.3. The molecule has 0 aliphatic heterocycles. The largest absolute Gasteiger partial charge is 0.373 e. The molecular weight excluding hydrogens is 248 g/mol. The molecule has 0 aliphatic rings. The minimum Gasteiger partial charge on any atom is -0.373 e. The molecule has 0 amide bonds. The van der Waals surface area contributed by atoms with Gasteiger partial charge in [-0.15, -0.1) is 0 Å². The van der Waals surface area contributed by atoms with E-state index in [4.69, 9.17) is 0 Å². The zero-order chi connectivity index (χ0) is 14.6. The molecule has 0 radical (unpaired) electrons. The van der Waals surface area contributed by atoms with Crippen LogP contribution in [0.5, 0.6) is 0 Å². The molecule has 1 aromatic rings. The van der Waals surface area contributed by atoms with Gasteiger partial charge in [0.2, 0.25) is 0 Å². The lowest BCUT2D eigenvalue weighted by molar-refractivity contribution is 0.581. The molecule has 0 bridgehead atoms. The lowest BCUT2D eigenvalue weighted by Crippen LogP contribution is -2.06. The highest BCUT2D eigenvalue weighted by Crippen LogP contribution is 2.11. The van der Waals surface area contributed by atoms with Crippen LogP contribution in [0.15, 0.2) is 6.07 Å². The first kappa shape index (κ1) is 16.7. The fourth-order valence-corrected chi connectivity index (χ4v) is 2.26. The fraction of sp³-hybridized carbons (Fsp3) is 0.750. The van der Waals surface area contributed by atoms with Gasteiger partial charge in [-0.2, -0.15) is 0 Å². The summed E-state index contributed by atoms with van der Waals surface area (Å²) in [6.45, 7) is 5.18. The molecule has 114 valence electrons. The third kappa shape index (κ3) is 7.31. The van der Waals surface area contributed by atoms with E-state index in [9.17, 15) is 0 Å². The standard InChI is InChI=1S/C16H30N4/c1-4-5-6-7-8-9-10-11-12-18-16-13-15(17-3)19-14(2)20-16/h13H,4-12H2,1-3H3,(H2,17,18,19,20). The lowest BCUT2D eigenvalue weighted by atomic mass is 10.1. The second-order valence-electron chi connectivity index (χ2n) is 5.34. The van der Waals surface area contributed by atoms with E-state index in [2.05, 4.69) is 27.5 Å². The molecule has 1 rings (SSSR count). The summed E-state index contributed by atoms with van der Waals surface area (Å²) in [7, 11) is 1.88. The predicted molar refractivity (Wildman–Crippen MR) is 87.4 cm³/mol. The molecule has 0 atom stereocenters. The Morgan fingerprint density at radius 3 is 2.15 bits per heavy atom. The van der Waals surface area contributed by atoms with Gasteiger partial charge in [-0.3, -0.25) is 0 Å². The van der Waals surface area contributed by atoms with Crippen LogP contribution < -0.4 is 10.6 Å². The maximum Gasteiger partial charge on any atom is 0.131 e. The quantitative estimate of drug-likeness (QED) is 0.590. The predicted octanol–water partition coefficient (Wildman–Crippen LogP) is 4.38. The van der Waals surface area contributed by atoms with Crippen molar-refractivity contribution in [2.45, 2.75) is 65.2 Å². The van der Waals surface area contributed by atoms with Gasteiger partial charge in [-0.25, -0.2) is 9.97 Å². The summed E-state index contributed by atoms with van der Waals surface area (Å²) in [5, 5.41) is 6.43. The van der Waals surface area contributed by atoms with Crippen LogP contribution in [0.1, 0.15) is 64.1 Å². The van der Waals surface area contributed by atoms with E-state index in [0.29, 0.717) is 0 Å². The molecular formula is C16H30N4. The molecule has 0 spiro atoms. The molecule has 4 heteroatoms. The topological polar surface area (TPSA) is 49.8 Å². The van der Waals surface area contributed by atoms with Crippen LogP contribution in [0.3, 0.4) is 0 Å². The number of nitrogens with zero attached hydrogens (tertiary/aromatic N) is 2. The van der Waals surface area contributed by atoms with E-state index >= 15 is 0 Å².